The highest BCUT2D eigenvalue weighted by Gasteiger charge is 2.32. The molecule has 276 valence electrons. The van der Waals surface area contributed by atoms with E-state index in [-0.39, 0.29) is 28.5 Å². The predicted molar refractivity (Wildman–Crippen MR) is 203 cm³/mol. The Morgan fingerprint density at radius 2 is 1.23 bits per heavy atom. The third kappa shape index (κ3) is 8.06. The van der Waals surface area contributed by atoms with Crippen LogP contribution < -0.4 is 0 Å². The fraction of sp³-hybridized carbons (Fsp3) is 0.400. The third-order valence-corrected chi connectivity index (χ3v) is 12.0. The number of benzene rings is 2. The number of rotatable bonds is 7. The van der Waals surface area contributed by atoms with Crippen LogP contribution in [0.3, 0.4) is 0 Å². The highest BCUT2D eigenvalue weighted by molar-refractivity contribution is 6.31. The Bertz CT molecular complexity index is 2230. The lowest BCUT2D eigenvalue weighted by Crippen LogP contribution is -2.19. The van der Waals surface area contributed by atoms with Gasteiger partial charge >= 0.3 is 5.82 Å². The number of fused-ring (bicyclic) bond motifs is 2. The van der Waals surface area contributed by atoms with E-state index in [1.54, 1.807) is 36.7 Å². The zero-order valence-electron chi connectivity index (χ0n) is 29.5. The second-order valence-corrected chi connectivity index (χ2v) is 15.3. The minimum atomic E-state index is -0.546. The number of imidazole rings is 2. The molecule has 0 aliphatic heterocycles. The Balaban J connectivity index is 0.000000165. The molecule has 2 aliphatic rings. The van der Waals surface area contributed by atoms with Gasteiger partial charge in [0.15, 0.2) is 5.82 Å². The Morgan fingerprint density at radius 3 is 1.66 bits per heavy atom. The molecule has 13 heteroatoms. The van der Waals surface area contributed by atoms with Crippen LogP contribution in [0.1, 0.15) is 112 Å². The van der Waals surface area contributed by atoms with E-state index in [2.05, 4.69) is 42.9 Å². The first-order valence-electron chi connectivity index (χ1n) is 18.2. The lowest BCUT2D eigenvalue weighted by Gasteiger charge is -2.32. The molecule has 9 nitrogen and oxygen atoms in total. The van der Waals surface area contributed by atoms with E-state index in [0.29, 0.717) is 40.6 Å². The minimum Gasteiger partial charge on any atom is -0.358 e. The molecule has 53 heavy (non-hydrogen) atoms. The van der Waals surface area contributed by atoms with Gasteiger partial charge in [-0.15, -0.1) is 0 Å². The Labute approximate surface area is 316 Å². The molecule has 0 radical (unpaired) electrons. The van der Waals surface area contributed by atoms with Gasteiger partial charge in [-0.3, -0.25) is 9.97 Å². The molecule has 2 aromatic carbocycles. The summed E-state index contributed by atoms with van der Waals surface area (Å²) in [6, 6.07) is 13.6. The molecule has 2 aliphatic carbocycles. The van der Waals surface area contributed by atoms with Crippen molar-refractivity contribution in [3.05, 3.63) is 122 Å². The van der Waals surface area contributed by atoms with Crippen LogP contribution in [-0.4, -0.2) is 34.8 Å². The fourth-order valence-corrected chi connectivity index (χ4v) is 8.89. The lowest BCUT2D eigenvalue weighted by atomic mass is 9.73. The van der Waals surface area contributed by atoms with Crippen molar-refractivity contribution in [2.24, 2.45) is 11.8 Å². The van der Waals surface area contributed by atoms with Crippen LogP contribution in [0.4, 0.5) is 14.6 Å². The Hall–Kier alpha value is -4.48. The monoisotopic (exact) mass is 759 g/mol. The van der Waals surface area contributed by atoms with E-state index < -0.39 is 4.92 Å². The molecule has 6 aromatic rings. The molecule has 0 amide bonds. The highest BCUT2D eigenvalue weighted by atomic mass is 35.5. The summed E-state index contributed by atoms with van der Waals surface area (Å²) >= 11 is 11.8. The summed E-state index contributed by atoms with van der Waals surface area (Å²) in [6.07, 6.45) is 13.8. The molecule has 0 spiro atoms. The first-order valence-corrected chi connectivity index (χ1v) is 19.0. The number of H-pyrrole nitrogens is 2. The first-order chi connectivity index (χ1) is 25.5. The normalized spacial score (nSPS) is 21.5. The van der Waals surface area contributed by atoms with Gasteiger partial charge in [-0.1, -0.05) is 37.0 Å². The SMILES string of the molecule is CC(c1nc(Cl)c([N+](=O)[O-])[nH]1)C1CCC(c2ccnc3ccc(F)cc23)CC1.CC(c1nc(Cl)c[nH]1)C1CCC(c2ccnc3ccc(F)cc23)CC1. The van der Waals surface area contributed by atoms with E-state index in [9.17, 15) is 18.9 Å². The number of nitro groups is 1. The molecule has 8 rings (SSSR count). The number of hydrogen-bond donors (Lipinski definition) is 2. The summed E-state index contributed by atoms with van der Waals surface area (Å²) < 4.78 is 27.4. The molecule has 2 N–H and O–H groups in total. The van der Waals surface area contributed by atoms with Crippen LogP contribution in [0.2, 0.25) is 10.3 Å². The van der Waals surface area contributed by atoms with Crippen molar-refractivity contribution in [3.8, 4) is 0 Å². The summed E-state index contributed by atoms with van der Waals surface area (Å²) in [7, 11) is 0. The predicted octanol–water partition coefficient (Wildman–Crippen LogP) is 11.6. The Kier molecular flexibility index (Phi) is 11.0. The maximum Gasteiger partial charge on any atom is 0.359 e. The van der Waals surface area contributed by atoms with Gasteiger partial charge in [0.25, 0.3) is 0 Å². The van der Waals surface area contributed by atoms with E-state index in [1.165, 1.54) is 17.7 Å². The first kappa shape index (κ1) is 36.9. The Morgan fingerprint density at radius 1 is 0.736 bits per heavy atom. The summed E-state index contributed by atoms with van der Waals surface area (Å²) in [5.41, 5.74) is 4.07. The van der Waals surface area contributed by atoms with E-state index in [4.69, 9.17) is 23.2 Å². The van der Waals surface area contributed by atoms with Crippen LogP contribution in [0.5, 0.6) is 0 Å². The van der Waals surface area contributed by atoms with E-state index in [1.807, 2.05) is 19.2 Å². The van der Waals surface area contributed by atoms with Crippen molar-refractivity contribution < 1.29 is 13.7 Å². The molecule has 2 fully saturated rings. The van der Waals surface area contributed by atoms with Gasteiger partial charge in [0.2, 0.25) is 5.15 Å². The quantitative estimate of drug-likeness (QED) is 0.123. The largest absolute Gasteiger partial charge is 0.359 e. The average molecular weight is 761 g/mol. The lowest BCUT2D eigenvalue weighted by molar-refractivity contribution is -0.389. The summed E-state index contributed by atoms with van der Waals surface area (Å²) in [5, 5.41) is 13.3. The molecule has 2 unspecified atom stereocenters. The molecular formula is C40H41Cl2F2N7O2. The second-order valence-electron chi connectivity index (χ2n) is 14.6. The molecule has 2 saturated carbocycles. The van der Waals surface area contributed by atoms with Crippen LogP contribution in [0.25, 0.3) is 21.8 Å². The number of pyridine rings is 2. The van der Waals surface area contributed by atoms with Crippen LogP contribution in [-0.2, 0) is 0 Å². The zero-order chi connectivity index (χ0) is 37.2. The summed E-state index contributed by atoms with van der Waals surface area (Å²) in [4.78, 5) is 33.6. The van der Waals surface area contributed by atoms with Crippen molar-refractivity contribution in [3.63, 3.8) is 0 Å². The number of nitrogens with one attached hydrogen (secondary N) is 2. The van der Waals surface area contributed by atoms with E-state index >= 15 is 0 Å². The molecule has 0 saturated heterocycles. The van der Waals surface area contributed by atoms with Gasteiger partial charge in [0.1, 0.15) is 22.6 Å². The van der Waals surface area contributed by atoms with Crippen molar-refractivity contribution in [2.45, 2.75) is 88.9 Å². The van der Waals surface area contributed by atoms with Crippen molar-refractivity contribution in [1.82, 2.24) is 29.9 Å². The zero-order valence-corrected chi connectivity index (χ0v) is 31.0. The van der Waals surface area contributed by atoms with Crippen LogP contribution in [0.15, 0.2) is 67.1 Å². The molecule has 2 atom stereocenters. The van der Waals surface area contributed by atoms with Crippen LogP contribution >= 0.6 is 23.2 Å². The van der Waals surface area contributed by atoms with Crippen molar-refractivity contribution in [1.29, 1.82) is 0 Å². The van der Waals surface area contributed by atoms with Gasteiger partial charge in [0.05, 0.1) is 11.0 Å². The third-order valence-electron chi connectivity index (χ3n) is 11.6. The van der Waals surface area contributed by atoms with Crippen molar-refractivity contribution in [2.75, 3.05) is 0 Å². The highest BCUT2D eigenvalue weighted by Crippen LogP contribution is 2.44. The van der Waals surface area contributed by atoms with Gasteiger partial charge in [-0.05, 0) is 140 Å². The smallest absolute Gasteiger partial charge is 0.358 e. The standard InChI is InChI=1S/C20H20ClFN4O2.C20H21ClFN3/c1-11(19-24-18(21)20(25-19)26(27)28)12-2-4-13(5-3-12)15-8-9-23-17-7-6-14(22)10-16(15)17;1-12(20-24-11-19(21)25-20)13-2-4-14(5-3-13)16-8-9-23-18-7-6-15(22)10-17(16)18/h6-13H,2-5H2,1H3,(H,24,25);6-14H,2-5H2,1H3,(H,24,25). The molecular weight excluding hydrogens is 719 g/mol. The topological polar surface area (TPSA) is 126 Å². The molecule has 4 aromatic heterocycles. The summed E-state index contributed by atoms with van der Waals surface area (Å²) in [5.74, 6) is 3.06. The number of aromatic amines is 2. The van der Waals surface area contributed by atoms with Crippen LogP contribution in [0, 0.1) is 33.6 Å². The number of halogens is 4. The second kappa shape index (κ2) is 15.9. The van der Waals surface area contributed by atoms with Gasteiger partial charge in [-0.2, -0.15) is 4.98 Å². The van der Waals surface area contributed by atoms with Gasteiger partial charge in [0, 0.05) is 41.2 Å². The maximum atomic E-state index is 13.7. The molecule has 4 heterocycles. The van der Waals surface area contributed by atoms with E-state index in [0.717, 1.165) is 84.6 Å². The number of nitrogens with zero attached hydrogens (tertiary/aromatic N) is 5. The van der Waals surface area contributed by atoms with Crippen molar-refractivity contribution >= 4 is 50.8 Å². The number of hydrogen-bond acceptors (Lipinski definition) is 6. The summed E-state index contributed by atoms with van der Waals surface area (Å²) in [6.45, 7) is 4.25. The minimum absolute atomic E-state index is 0.0544. The van der Waals surface area contributed by atoms with Gasteiger partial charge in [-0.25, -0.2) is 18.7 Å². The average Bonchev–Trinajstić information content (AvgIpc) is 3.79. The number of aromatic nitrogens is 6. The fourth-order valence-electron chi connectivity index (χ4n) is 8.54. The van der Waals surface area contributed by atoms with Gasteiger partial charge < -0.3 is 15.1 Å². The maximum absolute atomic E-state index is 13.7. The molecule has 0 bridgehead atoms.